The second kappa shape index (κ2) is 7.47. The summed E-state index contributed by atoms with van der Waals surface area (Å²) in [6.07, 6.45) is 0. The monoisotopic (exact) mass is 356 g/mol. The Morgan fingerprint density at radius 3 is 2.73 bits per heavy atom. The maximum atomic E-state index is 13.6. The van der Waals surface area contributed by atoms with E-state index in [1.165, 1.54) is 6.07 Å². The number of aromatic nitrogens is 1. The lowest BCUT2D eigenvalue weighted by Crippen LogP contribution is -2.37. The van der Waals surface area contributed by atoms with Gasteiger partial charge in [-0.1, -0.05) is 18.2 Å². The van der Waals surface area contributed by atoms with Crippen LogP contribution in [0.3, 0.4) is 0 Å². The van der Waals surface area contributed by atoms with Crippen molar-refractivity contribution in [3.8, 4) is 5.75 Å². The van der Waals surface area contributed by atoms with E-state index >= 15 is 0 Å². The SMILES string of the molecule is Cc1nc2ccccc2cc1C(=O)NC(C)COc1ccc(F)cc1F. The van der Waals surface area contributed by atoms with Crippen LogP contribution in [0.2, 0.25) is 0 Å². The van der Waals surface area contributed by atoms with Crippen molar-refractivity contribution in [2.24, 2.45) is 0 Å². The van der Waals surface area contributed by atoms with Gasteiger partial charge in [0, 0.05) is 11.5 Å². The lowest BCUT2D eigenvalue weighted by Gasteiger charge is -2.16. The second-order valence-electron chi connectivity index (χ2n) is 6.07. The molecule has 0 saturated heterocycles. The predicted molar refractivity (Wildman–Crippen MR) is 95.3 cm³/mol. The van der Waals surface area contributed by atoms with Gasteiger partial charge in [-0.15, -0.1) is 0 Å². The van der Waals surface area contributed by atoms with E-state index in [0.717, 1.165) is 23.0 Å². The van der Waals surface area contributed by atoms with E-state index in [4.69, 9.17) is 4.74 Å². The van der Waals surface area contributed by atoms with Crippen LogP contribution in [0.25, 0.3) is 10.9 Å². The third kappa shape index (κ3) is 3.96. The Balaban J connectivity index is 1.66. The first kappa shape index (κ1) is 17.8. The van der Waals surface area contributed by atoms with E-state index in [1.807, 2.05) is 24.3 Å². The summed E-state index contributed by atoms with van der Waals surface area (Å²) in [5, 5.41) is 3.68. The zero-order valence-corrected chi connectivity index (χ0v) is 14.4. The molecule has 0 aliphatic heterocycles. The predicted octanol–water partition coefficient (Wildman–Crippen LogP) is 4.02. The van der Waals surface area contributed by atoms with E-state index in [1.54, 1.807) is 19.9 Å². The Hall–Kier alpha value is -3.02. The Labute approximate surface area is 149 Å². The molecule has 2 aromatic carbocycles. The number of nitrogens with one attached hydrogen (secondary N) is 1. The third-order valence-corrected chi connectivity index (χ3v) is 3.92. The summed E-state index contributed by atoms with van der Waals surface area (Å²) in [5.74, 6) is -1.79. The molecule has 3 aromatic rings. The van der Waals surface area contributed by atoms with Crippen molar-refractivity contribution in [2.75, 3.05) is 6.61 Å². The molecule has 1 atom stereocenters. The molecule has 3 rings (SSSR count). The van der Waals surface area contributed by atoms with E-state index in [0.29, 0.717) is 11.3 Å². The van der Waals surface area contributed by atoms with Crippen molar-refractivity contribution in [2.45, 2.75) is 19.9 Å². The number of halogens is 2. The average molecular weight is 356 g/mol. The highest BCUT2D eigenvalue weighted by Crippen LogP contribution is 2.18. The minimum atomic E-state index is -0.780. The molecule has 4 nitrogen and oxygen atoms in total. The Morgan fingerprint density at radius 1 is 1.19 bits per heavy atom. The van der Waals surface area contributed by atoms with Crippen LogP contribution in [0.15, 0.2) is 48.5 Å². The molecule has 0 fully saturated rings. The fourth-order valence-corrected chi connectivity index (χ4v) is 2.59. The molecule has 134 valence electrons. The molecular weight excluding hydrogens is 338 g/mol. The van der Waals surface area contributed by atoms with Crippen LogP contribution >= 0.6 is 0 Å². The number of carbonyl (C=O) groups excluding carboxylic acids is 1. The van der Waals surface area contributed by atoms with Crippen LogP contribution in [-0.4, -0.2) is 23.5 Å². The van der Waals surface area contributed by atoms with E-state index in [-0.39, 0.29) is 24.3 Å². The molecule has 1 heterocycles. The molecule has 26 heavy (non-hydrogen) atoms. The first-order valence-corrected chi connectivity index (χ1v) is 8.19. The second-order valence-corrected chi connectivity index (χ2v) is 6.07. The molecule has 6 heteroatoms. The van der Waals surface area contributed by atoms with Crippen molar-refractivity contribution in [3.05, 3.63) is 71.4 Å². The van der Waals surface area contributed by atoms with Crippen LogP contribution in [0.5, 0.6) is 5.75 Å². The van der Waals surface area contributed by atoms with Gasteiger partial charge < -0.3 is 10.1 Å². The van der Waals surface area contributed by atoms with Crippen molar-refractivity contribution >= 4 is 16.8 Å². The number of benzene rings is 2. The zero-order valence-electron chi connectivity index (χ0n) is 14.4. The number of fused-ring (bicyclic) bond motifs is 1. The zero-order chi connectivity index (χ0) is 18.7. The summed E-state index contributed by atoms with van der Waals surface area (Å²) < 4.78 is 31.8. The van der Waals surface area contributed by atoms with Crippen LogP contribution in [0, 0.1) is 18.6 Å². The van der Waals surface area contributed by atoms with Gasteiger partial charge in [-0.25, -0.2) is 8.78 Å². The van der Waals surface area contributed by atoms with Gasteiger partial charge in [0.25, 0.3) is 5.91 Å². The number of amides is 1. The van der Waals surface area contributed by atoms with Gasteiger partial charge in [0.1, 0.15) is 12.4 Å². The minimum Gasteiger partial charge on any atom is -0.488 e. The van der Waals surface area contributed by atoms with Crippen LogP contribution < -0.4 is 10.1 Å². The molecule has 0 radical (unpaired) electrons. The van der Waals surface area contributed by atoms with Gasteiger partial charge in [0.15, 0.2) is 11.6 Å². The maximum absolute atomic E-state index is 13.6. The fourth-order valence-electron chi connectivity index (χ4n) is 2.59. The molecule has 1 N–H and O–H groups in total. The van der Waals surface area contributed by atoms with Gasteiger partial charge in [-0.3, -0.25) is 9.78 Å². The number of aryl methyl sites for hydroxylation is 1. The van der Waals surface area contributed by atoms with Crippen molar-refractivity contribution in [3.63, 3.8) is 0 Å². The van der Waals surface area contributed by atoms with Crippen LogP contribution in [0.1, 0.15) is 23.0 Å². The highest BCUT2D eigenvalue weighted by molar-refractivity contribution is 5.98. The smallest absolute Gasteiger partial charge is 0.253 e. The fraction of sp³-hybridized carbons (Fsp3) is 0.200. The number of pyridine rings is 1. The summed E-state index contributed by atoms with van der Waals surface area (Å²) in [6.45, 7) is 3.56. The number of rotatable bonds is 5. The van der Waals surface area contributed by atoms with Gasteiger partial charge in [0.05, 0.1) is 22.8 Å². The van der Waals surface area contributed by atoms with Crippen molar-refractivity contribution in [1.29, 1.82) is 0 Å². The maximum Gasteiger partial charge on any atom is 0.253 e. The normalized spacial score (nSPS) is 12.0. The van der Waals surface area contributed by atoms with E-state index in [2.05, 4.69) is 10.3 Å². The number of nitrogens with zero attached hydrogens (tertiary/aromatic N) is 1. The number of carbonyl (C=O) groups is 1. The lowest BCUT2D eigenvalue weighted by molar-refractivity contribution is 0.0925. The average Bonchev–Trinajstić information content (AvgIpc) is 2.60. The Morgan fingerprint density at radius 2 is 1.96 bits per heavy atom. The summed E-state index contributed by atoms with van der Waals surface area (Å²) in [5.41, 5.74) is 1.92. The number of ether oxygens (including phenoxy) is 1. The third-order valence-electron chi connectivity index (χ3n) is 3.92. The summed E-state index contributed by atoms with van der Waals surface area (Å²) in [4.78, 5) is 17.0. The number of hydrogen-bond donors (Lipinski definition) is 1. The Bertz CT molecular complexity index is 960. The first-order valence-electron chi connectivity index (χ1n) is 8.19. The molecule has 1 amide bonds. The molecular formula is C20H18F2N2O2. The number of hydrogen-bond acceptors (Lipinski definition) is 3. The molecule has 0 aliphatic rings. The summed E-state index contributed by atoms with van der Waals surface area (Å²) in [6, 6.07) is 12.1. The van der Waals surface area contributed by atoms with E-state index in [9.17, 15) is 13.6 Å². The number of para-hydroxylation sites is 1. The minimum absolute atomic E-state index is 0.0500. The van der Waals surface area contributed by atoms with Gasteiger partial charge in [-0.2, -0.15) is 0 Å². The molecule has 1 aromatic heterocycles. The van der Waals surface area contributed by atoms with Crippen LogP contribution in [-0.2, 0) is 0 Å². The quantitative estimate of drug-likeness (QED) is 0.751. The van der Waals surface area contributed by atoms with Crippen LogP contribution in [0.4, 0.5) is 8.78 Å². The summed E-state index contributed by atoms with van der Waals surface area (Å²) >= 11 is 0. The van der Waals surface area contributed by atoms with E-state index < -0.39 is 11.6 Å². The van der Waals surface area contributed by atoms with Gasteiger partial charge in [-0.05, 0) is 38.1 Å². The van der Waals surface area contributed by atoms with Crippen molar-refractivity contribution < 1.29 is 18.3 Å². The first-order chi connectivity index (χ1) is 12.4. The molecule has 0 aliphatic carbocycles. The lowest BCUT2D eigenvalue weighted by atomic mass is 10.1. The van der Waals surface area contributed by atoms with Gasteiger partial charge in [0.2, 0.25) is 0 Å². The highest BCUT2D eigenvalue weighted by Gasteiger charge is 2.15. The van der Waals surface area contributed by atoms with Gasteiger partial charge >= 0.3 is 0 Å². The molecule has 0 saturated carbocycles. The molecule has 0 bridgehead atoms. The topological polar surface area (TPSA) is 51.2 Å². The molecule has 0 spiro atoms. The summed E-state index contributed by atoms with van der Waals surface area (Å²) in [7, 11) is 0. The van der Waals surface area contributed by atoms with Crippen molar-refractivity contribution in [1.82, 2.24) is 10.3 Å². The highest BCUT2D eigenvalue weighted by atomic mass is 19.1. The standard InChI is InChI=1S/C20H18F2N2O2/c1-12(11-26-19-8-7-15(21)10-17(19)22)23-20(25)16-9-14-5-3-4-6-18(14)24-13(16)2/h3-10,12H,11H2,1-2H3,(H,23,25). The largest absolute Gasteiger partial charge is 0.488 e. The Kier molecular flexibility index (Phi) is 5.11. The molecule has 1 unspecified atom stereocenters.